The summed E-state index contributed by atoms with van der Waals surface area (Å²) in [6.07, 6.45) is 2.97. The highest BCUT2D eigenvalue weighted by atomic mass is 15.3. The number of pyridine rings is 1. The number of rotatable bonds is 4. The molecule has 0 bridgehead atoms. The average molecular weight is 242 g/mol. The molecule has 18 heavy (non-hydrogen) atoms. The molecule has 0 spiro atoms. The van der Waals surface area contributed by atoms with Gasteiger partial charge in [-0.3, -0.25) is 9.67 Å². The van der Waals surface area contributed by atoms with Crippen LogP contribution in [-0.2, 0) is 6.54 Å². The number of aryl methyl sites for hydroxylation is 3. The van der Waals surface area contributed by atoms with E-state index < -0.39 is 0 Å². The van der Waals surface area contributed by atoms with Crippen LogP contribution < -0.4 is 0 Å². The summed E-state index contributed by atoms with van der Waals surface area (Å²) in [6, 6.07) is 6.22. The van der Waals surface area contributed by atoms with Gasteiger partial charge >= 0.3 is 0 Å². The van der Waals surface area contributed by atoms with Crippen LogP contribution >= 0.6 is 0 Å². The second-order valence-corrected chi connectivity index (χ2v) is 5.04. The van der Waals surface area contributed by atoms with E-state index in [9.17, 15) is 0 Å². The van der Waals surface area contributed by atoms with Crippen molar-refractivity contribution in [3.8, 4) is 11.3 Å². The first-order chi connectivity index (χ1) is 8.56. The Kier molecular flexibility index (Phi) is 3.80. The van der Waals surface area contributed by atoms with Crippen molar-refractivity contribution in [2.24, 2.45) is 0 Å². The van der Waals surface area contributed by atoms with Crippen LogP contribution in [0.25, 0.3) is 11.3 Å². The maximum absolute atomic E-state index is 4.64. The summed E-state index contributed by atoms with van der Waals surface area (Å²) in [5, 5.41) is 4.64. The molecule has 0 atom stereocenters. The molecule has 2 rings (SSSR count). The summed E-state index contributed by atoms with van der Waals surface area (Å²) >= 11 is 0. The van der Waals surface area contributed by atoms with E-state index in [0.717, 1.165) is 29.9 Å². The molecule has 0 amide bonds. The number of aromatic nitrogens is 3. The summed E-state index contributed by atoms with van der Waals surface area (Å²) in [7, 11) is 0. The Hall–Kier alpha value is -1.64. The predicted octanol–water partition coefficient (Wildman–Crippen LogP) is 3.57. The molecule has 0 aromatic carbocycles. The highest BCUT2D eigenvalue weighted by molar-refractivity contribution is 5.58. The topological polar surface area (TPSA) is 30.7 Å². The first-order valence-corrected chi connectivity index (χ1v) is 6.33. The minimum atomic E-state index is 0.952. The molecule has 0 fully saturated rings. The zero-order valence-electron chi connectivity index (χ0n) is 11.6. The van der Waals surface area contributed by atoms with Gasteiger partial charge < -0.3 is 0 Å². The molecule has 0 N–H and O–H groups in total. The molecule has 3 nitrogen and oxygen atoms in total. The molecular formula is C15H20N3. The van der Waals surface area contributed by atoms with E-state index in [1.54, 1.807) is 0 Å². The van der Waals surface area contributed by atoms with Crippen LogP contribution in [-0.4, -0.2) is 14.8 Å². The molecule has 3 heteroatoms. The molecule has 1 radical (unpaired) electrons. The standard InChI is InChI=1S/C15H20N3/c1-11(2)7-8-18-13(4)9-15(17-18)14-6-5-12(3)16-10-14/h5-6,9-10H,7-8H2,1-4H3. The Labute approximate surface area is 109 Å². The van der Waals surface area contributed by atoms with Crippen LogP contribution in [0.15, 0.2) is 24.4 Å². The first kappa shape index (κ1) is 12.8. The van der Waals surface area contributed by atoms with Gasteiger partial charge in [0.2, 0.25) is 0 Å². The lowest BCUT2D eigenvalue weighted by molar-refractivity contribution is 0.575. The molecule has 0 saturated carbocycles. The zero-order chi connectivity index (χ0) is 13.1. The minimum absolute atomic E-state index is 0.952. The van der Waals surface area contributed by atoms with Crippen LogP contribution in [0.3, 0.4) is 0 Å². The molecule has 0 aliphatic heterocycles. The van der Waals surface area contributed by atoms with E-state index in [-0.39, 0.29) is 0 Å². The third kappa shape index (κ3) is 2.97. The molecule has 95 valence electrons. The van der Waals surface area contributed by atoms with Gasteiger partial charge in [0.15, 0.2) is 0 Å². The van der Waals surface area contributed by atoms with Crippen LogP contribution in [0, 0.1) is 19.8 Å². The molecule has 2 aromatic heterocycles. The highest BCUT2D eigenvalue weighted by Gasteiger charge is 2.07. The van der Waals surface area contributed by atoms with Crippen molar-refractivity contribution in [1.82, 2.24) is 14.8 Å². The maximum Gasteiger partial charge on any atom is 0.0941 e. The van der Waals surface area contributed by atoms with Crippen molar-refractivity contribution >= 4 is 0 Å². The molecule has 2 heterocycles. The van der Waals surface area contributed by atoms with E-state index in [1.165, 1.54) is 11.6 Å². The predicted molar refractivity (Wildman–Crippen MR) is 74.1 cm³/mol. The fourth-order valence-corrected chi connectivity index (χ4v) is 1.83. The Bertz CT molecular complexity index is 509. The largest absolute Gasteiger partial charge is 0.269 e. The molecule has 0 unspecified atom stereocenters. The van der Waals surface area contributed by atoms with Crippen LogP contribution in [0.2, 0.25) is 0 Å². The van der Waals surface area contributed by atoms with E-state index >= 15 is 0 Å². The van der Waals surface area contributed by atoms with Gasteiger partial charge in [0.25, 0.3) is 0 Å². The second-order valence-electron chi connectivity index (χ2n) is 5.04. The first-order valence-electron chi connectivity index (χ1n) is 6.33. The maximum atomic E-state index is 4.64. The van der Waals surface area contributed by atoms with Gasteiger partial charge in [-0.25, -0.2) is 0 Å². The smallest absolute Gasteiger partial charge is 0.0941 e. The Balaban J connectivity index is 2.20. The summed E-state index contributed by atoms with van der Waals surface area (Å²) in [5.41, 5.74) is 4.33. The van der Waals surface area contributed by atoms with E-state index in [2.05, 4.69) is 47.7 Å². The van der Waals surface area contributed by atoms with E-state index in [1.807, 2.05) is 19.2 Å². The van der Waals surface area contributed by atoms with Crippen molar-refractivity contribution in [2.45, 2.75) is 40.7 Å². The highest BCUT2D eigenvalue weighted by Crippen LogP contribution is 2.19. The third-order valence-corrected chi connectivity index (χ3v) is 3.01. The van der Waals surface area contributed by atoms with E-state index in [4.69, 9.17) is 0 Å². The fraction of sp³-hybridized carbons (Fsp3) is 0.400. The number of hydrogen-bond acceptors (Lipinski definition) is 2. The van der Waals surface area contributed by atoms with Crippen molar-refractivity contribution < 1.29 is 0 Å². The quantitative estimate of drug-likeness (QED) is 0.820. The molecule has 2 aromatic rings. The van der Waals surface area contributed by atoms with Gasteiger partial charge in [0, 0.05) is 29.7 Å². The van der Waals surface area contributed by atoms with Gasteiger partial charge in [-0.05, 0) is 44.4 Å². The van der Waals surface area contributed by atoms with Crippen molar-refractivity contribution in [2.75, 3.05) is 0 Å². The van der Waals surface area contributed by atoms with Gasteiger partial charge in [-0.2, -0.15) is 5.10 Å². The number of hydrogen-bond donors (Lipinski definition) is 0. The van der Waals surface area contributed by atoms with Crippen molar-refractivity contribution in [1.29, 1.82) is 0 Å². The molecule has 0 aliphatic rings. The Morgan fingerprint density at radius 1 is 1.22 bits per heavy atom. The summed E-state index contributed by atoms with van der Waals surface area (Å²) in [5.74, 6) is 1.43. The summed E-state index contributed by atoms with van der Waals surface area (Å²) in [6.45, 7) is 9.36. The van der Waals surface area contributed by atoms with Crippen LogP contribution in [0.4, 0.5) is 0 Å². The van der Waals surface area contributed by atoms with Crippen LogP contribution in [0.5, 0.6) is 0 Å². The molecular weight excluding hydrogens is 222 g/mol. The van der Waals surface area contributed by atoms with Gasteiger partial charge in [-0.15, -0.1) is 0 Å². The van der Waals surface area contributed by atoms with Gasteiger partial charge in [0.1, 0.15) is 0 Å². The van der Waals surface area contributed by atoms with Gasteiger partial charge in [0.05, 0.1) is 5.69 Å². The second kappa shape index (κ2) is 5.34. The third-order valence-electron chi connectivity index (χ3n) is 3.01. The average Bonchev–Trinajstić information content (AvgIpc) is 2.69. The minimum Gasteiger partial charge on any atom is -0.269 e. The molecule has 0 saturated heterocycles. The van der Waals surface area contributed by atoms with E-state index in [0.29, 0.717) is 0 Å². The lowest BCUT2D eigenvalue weighted by Gasteiger charge is -2.06. The number of nitrogens with zero attached hydrogens (tertiary/aromatic N) is 3. The summed E-state index contributed by atoms with van der Waals surface area (Å²) in [4.78, 5) is 4.32. The van der Waals surface area contributed by atoms with Crippen LogP contribution in [0.1, 0.15) is 31.7 Å². The Morgan fingerprint density at radius 2 is 2.00 bits per heavy atom. The zero-order valence-corrected chi connectivity index (χ0v) is 11.6. The molecule has 0 aliphatic carbocycles. The van der Waals surface area contributed by atoms with Gasteiger partial charge in [-0.1, -0.05) is 13.8 Å². The SMILES string of the molecule is C[C](C)CCn1nc(-c2ccc(C)nc2)cc1C. The lowest BCUT2D eigenvalue weighted by atomic mass is 10.1. The fourth-order valence-electron chi connectivity index (χ4n) is 1.83. The Morgan fingerprint density at radius 3 is 2.61 bits per heavy atom. The monoisotopic (exact) mass is 242 g/mol. The van der Waals surface area contributed by atoms with Crippen molar-refractivity contribution in [3.05, 3.63) is 41.7 Å². The van der Waals surface area contributed by atoms with Crippen molar-refractivity contribution in [3.63, 3.8) is 0 Å². The normalized spacial score (nSPS) is 11.2. The lowest BCUT2D eigenvalue weighted by Crippen LogP contribution is -2.04. The summed E-state index contributed by atoms with van der Waals surface area (Å²) < 4.78 is 2.07.